The molecule has 1 heterocycles. The Bertz CT molecular complexity index is 139. The van der Waals surface area contributed by atoms with Crippen LogP contribution >= 0.6 is 0 Å². The predicted octanol–water partition coefficient (Wildman–Crippen LogP) is 2.13. The summed E-state index contributed by atoms with van der Waals surface area (Å²) in [5, 5.41) is 8.67. The quantitative estimate of drug-likeness (QED) is 0.686. The fourth-order valence-corrected chi connectivity index (χ4v) is 2.60. The van der Waals surface area contributed by atoms with E-state index in [4.69, 9.17) is 5.11 Å². The summed E-state index contributed by atoms with van der Waals surface area (Å²) in [6, 6.07) is 0. The third kappa shape index (κ3) is 4.43. The number of aliphatic hydroxyl groups is 1. The molecule has 84 valence electrons. The number of hydrogen-bond acceptors (Lipinski definition) is 2. The molecule has 0 amide bonds. The van der Waals surface area contributed by atoms with Gasteiger partial charge in [-0.15, -0.1) is 0 Å². The standard InChI is InChI=1S/C12H25NO/c1-11-8-12(2)10-13(9-11)6-4-3-5-7-14/h11-12,14H,3-10H2,1-2H3. The van der Waals surface area contributed by atoms with E-state index in [9.17, 15) is 0 Å². The molecule has 2 atom stereocenters. The summed E-state index contributed by atoms with van der Waals surface area (Å²) in [5.41, 5.74) is 0. The Morgan fingerprint density at radius 2 is 1.71 bits per heavy atom. The molecule has 0 aromatic heterocycles. The fourth-order valence-electron chi connectivity index (χ4n) is 2.60. The van der Waals surface area contributed by atoms with E-state index in [0.29, 0.717) is 6.61 Å². The van der Waals surface area contributed by atoms with Crippen molar-refractivity contribution in [2.24, 2.45) is 11.8 Å². The van der Waals surface area contributed by atoms with E-state index >= 15 is 0 Å². The second kappa shape index (κ2) is 6.41. The maximum absolute atomic E-state index is 8.67. The van der Waals surface area contributed by atoms with E-state index < -0.39 is 0 Å². The topological polar surface area (TPSA) is 23.5 Å². The van der Waals surface area contributed by atoms with Gasteiger partial charge in [-0.25, -0.2) is 0 Å². The van der Waals surface area contributed by atoms with Gasteiger partial charge in [0.05, 0.1) is 0 Å². The average molecular weight is 199 g/mol. The number of hydrogen-bond donors (Lipinski definition) is 1. The van der Waals surface area contributed by atoms with Crippen LogP contribution in [-0.2, 0) is 0 Å². The molecule has 1 rings (SSSR count). The number of rotatable bonds is 5. The van der Waals surface area contributed by atoms with E-state index in [0.717, 1.165) is 18.3 Å². The van der Waals surface area contributed by atoms with Crippen molar-refractivity contribution in [2.75, 3.05) is 26.2 Å². The van der Waals surface area contributed by atoms with E-state index in [1.165, 1.54) is 38.9 Å². The van der Waals surface area contributed by atoms with Crippen LogP contribution in [0.5, 0.6) is 0 Å². The van der Waals surface area contributed by atoms with Crippen LogP contribution in [0.1, 0.15) is 39.5 Å². The summed E-state index contributed by atoms with van der Waals surface area (Å²) in [6.45, 7) is 8.86. The van der Waals surface area contributed by atoms with Crippen LogP contribution in [0.2, 0.25) is 0 Å². The molecule has 14 heavy (non-hydrogen) atoms. The van der Waals surface area contributed by atoms with Gasteiger partial charge in [0.15, 0.2) is 0 Å². The van der Waals surface area contributed by atoms with Crippen LogP contribution < -0.4 is 0 Å². The molecular weight excluding hydrogens is 174 g/mol. The number of aliphatic hydroxyl groups excluding tert-OH is 1. The zero-order valence-corrected chi connectivity index (χ0v) is 9.71. The van der Waals surface area contributed by atoms with Gasteiger partial charge in [-0.05, 0) is 44.1 Å². The molecule has 0 radical (unpaired) electrons. The highest BCUT2D eigenvalue weighted by Crippen LogP contribution is 2.21. The summed E-state index contributed by atoms with van der Waals surface area (Å²) < 4.78 is 0. The van der Waals surface area contributed by atoms with Crippen molar-refractivity contribution >= 4 is 0 Å². The Labute approximate surface area is 88.3 Å². The van der Waals surface area contributed by atoms with Crippen molar-refractivity contribution in [3.63, 3.8) is 0 Å². The van der Waals surface area contributed by atoms with Crippen molar-refractivity contribution in [1.82, 2.24) is 4.90 Å². The minimum atomic E-state index is 0.354. The fraction of sp³-hybridized carbons (Fsp3) is 1.00. The molecule has 0 bridgehead atoms. The lowest BCUT2D eigenvalue weighted by Crippen LogP contribution is -2.39. The molecule has 2 heteroatoms. The van der Waals surface area contributed by atoms with Crippen molar-refractivity contribution in [3.8, 4) is 0 Å². The molecule has 1 aliphatic heterocycles. The van der Waals surface area contributed by atoms with Crippen LogP contribution in [0.3, 0.4) is 0 Å². The lowest BCUT2D eigenvalue weighted by molar-refractivity contribution is 0.138. The van der Waals surface area contributed by atoms with Gasteiger partial charge in [0.1, 0.15) is 0 Å². The second-order valence-corrected chi connectivity index (χ2v) is 4.99. The molecule has 2 unspecified atom stereocenters. The normalized spacial score (nSPS) is 29.4. The molecule has 0 aromatic carbocycles. The lowest BCUT2D eigenvalue weighted by Gasteiger charge is -2.34. The molecule has 0 aliphatic carbocycles. The maximum Gasteiger partial charge on any atom is 0.0431 e. The summed E-state index contributed by atoms with van der Waals surface area (Å²) in [5.74, 6) is 1.74. The molecule has 0 aromatic rings. The summed E-state index contributed by atoms with van der Waals surface area (Å²) in [4.78, 5) is 2.59. The highest BCUT2D eigenvalue weighted by Gasteiger charge is 2.20. The molecule has 1 saturated heterocycles. The first-order valence-electron chi connectivity index (χ1n) is 6.05. The molecular formula is C12H25NO. The number of piperidine rings is 1. The molecule has 0 spiro atoms. The monoisotopic (exact) mass is 199 g/mol. The largest absolute Gasteiger partial charge is 0.396 e. The highest BCUT2D eigenvalue weighted by atomic mass is 16.2. The summed E-state index contributed by atoms with van der Waals surface area (Å²) in [7, 11) is 0. The van der Waals surface area contributed by atoms with Crippen molar-refractivity contribution in [3.05, 3.63) is 0 Å². The third-order valence-corrected chi connectivity index (χ3v) is 3.08. The molecule has 1 fully saturated rings. The number of likely N-dealkylation sites (tertiary alicyclic amines) is 1. The smallest absolute Gasteiger partial charge is 0.0431 e. The van der Waals surface area contributed by atoms with Crippen LogP contribution in [-0.4, -0.2) is 36.2 Å². The summed E-state index contributed by atoms with van der Waals surface area (Å²) >= 11 is 0. The third-order valence-electron chi connectivity index (χ3n) is 3.08. The number of unbranched alkanes of at least 4 members (excludes halogenated alkanes) is 2. The SMILES string of the molecule is CC1CC(C)CN(CCCCCO)C1. The Morgan fingerprint density at radius 3 is 2.29 bits per heavy atom. The minimum Gasteiger partial charge on any atom is -0.396 e. The van der Waals surface area contributed by atoms with Crippen LogP contribution in [0, 0.1) is 11.8 Å². The van der Waals surface area contributed by atoms with Gasteiger partial charge in [0, 0.05) is 19.7 Å². The Kier molecular flexibility index (Phi) is 5.49. The first-order valence-corrected chi connectivity index (χ1v) is 6.05. The molecule has 1 N–H and O–H groups in total. The van der Waals surface area contributed by atoms with Crippen molar-refractivity contribution in [1.29, 1.82) is 0 Å². The first kappa shape index (κ1) is 12.0. The lowest BCUT2D eigenvalue weighted by atomic mass is 9.92. The van der Waals surface area contributed by atoms with Crippen LogP contribution in [0.4, 0.5) is 0 Å². The van der Waals surface area contributed by atoms with E-state index in [-0.39, 0.29) is 0 Å². The zero-order valence-electron chi connectivity index (χ0n) is 9.71. The van der Waals surface area contributed by atoms with Gasteiger partial charge >= 0.3 is 0 Å². The first-order chi connectivity index (χ1) is 6.72. The van der Waals surface area contributed by atoms with Gasteiger partial charge in [-0.2, -0.15) is 0 Å². The Morgan fingerprint density at radius 1 is 1.07 bits per heavy atom. The predicted molar refractivity (Wildman–Crippen MR) is 60.3 cm³/mol. The van der Waals surface area contributed by atoms with Gasteiger partial charge < -0.3 is 10.0 Å². The summed E-state index contributed by atoms with van der Waals surface area (Å²) in [6.07, 6.45) is 4.79. The van der Waals surface area contributed by atoms with E-state index in [1.54, 1.807) is 0 Å². The van der Waals surface area contributed by atoms with Gasteiger partial charge in [-0.1, -0.05) is 13.8 Å². The minimum absolute atomic E-state index is 0.354. The molecule has 1 aliphatic rings. The van der Waals surface area contributed by atoms with E-state index in [2.05, 4.69) is 18.7 Å². The Hall–Kier alpha value is -0.0800. The van der Waals surface area contributed by atoms with Gasteiger partial charge in [0.25, 0.3) is 0 Å². The van der Waals surface area contributed by atoms with Crippen LogP contribution in [0.15, 0.2) is 0 Å². The molecule has 0 saturated carbocycles. The van der Waals surface area contributed by atoms with Gasteiger partial charge in [-0.3, -0.25) is 0 Å². The van der Waals surface area contributed by atoms with Gasteiger partial charge in [0.2, 0.25) is 0 Å². The average Bonchev–Trinajstić information content (AvgIpc) is 2.11. The maximum atomic E-state index is 8.67. The number of nitrogens with zero attached hydrogens (tertiary/aromatic N) is 1. The highest BCUT2D eigenvalue weighted by molar-refractivity contribution is 4.74. The zero-order chi connectivity index (χ0) is 10.4. The Balaban J connectivity index is 2.10. The van der Waals surface area contributed by atoms with E-state index in [1.807, 2.05) is 0 Å². The second-order valence-electron chi connectivity index (χ2n) is 4.99. The van der Waals surface area contributed by atoms with Crippen molar-refractivity contribution < 1.29 is 5.11 Å². The molecule has 2 nitrogen and oxygen atoms in total. The van der Waals surface area contributed by atoms with Crippen LogP contribution in [0.25, 0.3) is 0 Å². The van der Waals surface area contributed by atoms with Crippen molar-refractivity contribution in [2.45, 2.75) is 39.5 Å².